The van der Waals surface area contributed by atoms with E-state index < -0.39 is 5.69 Å². The molecule has 1 aliphatic rings. The van der Waals surface area contributed by atoms with E-state index in [9.17, 15) is 9.59 Å². The van der Waals surface area contributed by atoms with E-state index in [4.69, 9.17) is 4.52 Å². The van der Waals surface area contributed by atoms with Gasteiger partial charge in [0.1, 0.15) is 12.6 Å². The number of hydrogen-bond donors (Lipinski definition) is 0. The molecule has 1 fully saturated rings. The first kappa shape index (κ1) is 16.4. The Bertz CT molecular complexity index is 810. The Morgan fingerprint density at radius 1 is 1.38 bits per heavy atom. The minimum atomic E-state index is -0.400. The van der Waals surface area contributed by atoms with Crippen LogP contribution in [0.15, 0.2) is 15.4 Å². The van der Waals surface area contributed by atoms with Crippen molar-refractivity contribution in [2.75, 3.05) is 6.54 Å². The largest absolute Gasteiger partial charge is 0.348 e. The van der Waals surface area contributed by atoms with Gasteiger partial charge in [-0.05, 0) is 32.8 Å². The van der Waals surface area contributed by atoms with Crippen molar-refractivity contribution in [3.05, 3.63) is 39.7 Å². The van der Waals surface area contributed by atoms with Crippen LogP contribution in [0.4, 0.5) is 0 Å². The van der Waals surface area contributed by atoms with Gasteiger partial charge in [0.05, 0.1) is 0 Å². The molecular weight excluding hydrogens is 310 g/mol. The van der Waals surface area contributed by atoms with Gasteiger partial charge in [-0.25, -0.2) is 4.79 Å². The number of nitrogens with zero attached hydrogens (tertiary/aromatic N) is 5. The average molecular weight is 331 g/mol. The first-order valence-corrected chi connectivity index (χ1v) is 8.16. The summed E-state index contributed by atoms with van der Waals surface area (Å²) in [6, 6.07) is 1.58. The van der Waals surface area contributed by atoms with E-state index in [2.05, 4.69) is 15.1 Å². The first-order valence-electron chi connectivity index (χ1n) is 8.16. The highest BCUT2D eigenvalue weighted by Gasteiger charge is 2.34. The van der Waals surface area contributed by atoms with Gasteiger partial charge in [0.25, 0.3) is 0 Å². The second-order valence-corrected chi connectivity index (χ2v) is 6.06. The maximum atomic E-state index is 12.7. The third-order valence-electron chi connectivity index (χ3n) is 4.30. The van der Waals surface area contributed by atoms with Crippen molar-refractivity contribution in [2.24, 2.45) is 0 Å². The lowest BCUT2D eigenvalue weighted by Crippen LogP contribution is -2.37. The predicted octanol–water partition coefficient (Wildman–Crippen LogP) is 1.17. The van der Waals surface area contributed by atoms with Crippen LogP contribution in [-0.2, 0) is 17.8 Å². The molecule has 1 aliphatic heterocycles. The molecule has 3 heterocycles. The van der Waals surface area contributed by atoms with E-state index in [0.717, 1.165) is 18.5 Å². The SMILES string of the molecule is CCc1noc([C@@H]2CCCN2C(=O)Cn2c(C)cc(C)nc2=O)n1. The summed E-state index contributed by atoms with van der Waals surface area (Å²) in [6.45, 7) is 6.11. The van der Waals surface area contributed by atoms with Crippen LogP contribution >= 0.6 is 0 Å². The molecule has 1 amide bonds. The van der Waals surface area contributed by atoms with Crippen LogP contribution in [0.2, 0.25) is 0 Å². The molecule has 2 aromatic rings. The minimum Gasteiger partial charge on any atom is -0.337 e. The second kappa shape index (κ2) is 6.54. The zero-order valence-corrected chi connectivity index (χ0v) is 14.2. The van der Waals surface area contributed by atoms with Crippen molar-refractivity contribution in [3.8, 4) is 0 Å². The quantitative estimate of drug-likeness (QED) is 0.835. The van der Waals surface area contributed by atoms with Crippen molar-refractivity contribution >= 4 is 5.91 Å². The zero-order chi connectivity index (χ0) is 17.3. The van der Waals surface area contributed by atoms with Crippen LogP contribution < -0.4 is 5.69 Å². The van der Waals surface area contributed by atoms with Gasteiger partial charge in [-0.1, -0.05) is 12.1 Å². The molecule has 8 nitrogen and oxygen atoms in total. The standard InChI is InChI=1S/C16H21N5O3/c1-4-13-18-15(24-19-13)12-6-5-7-20(12)14(22)9-21-11(3)8-10(2)17-16(21)23/h8,12H,4-7,9H2,1-3H3/t12-/m0/s1. The third kappa shape index (κ3) is 3.08. The molecule has 128 valence electrons. The molecule has 0 aromatic carbocycles. The van der Waals surface area contributed by atoms with Crippen LogP contribution in [0.1, 0.15) is 48.9 Å². The van der Waals surface area contributed by atoms with Crippen molar-refractivity contribution in [3.63, 3.8) is 0 Å². The summed E-state index contributed by atoms with van der Waals surface area (Å²) in [4.78, 5) is 34.7. The molecule has 3 rings (SSSR count). The summed E-state index contributed by atoms with van der Waals surface area (Å²) in [5.41, 5.74) is 0.975. The molecule has 0 spiro atoms. The van der Waals surface area contributed by atoms with Crippen molar-refractivity contribution < 1.29 is 9.32 Å². The maximum absolute atomic E-state index is 12.7. The molecule has 0 radical (unpaired) electrons. The van der Waals surface area contributed by atoms with Gasteiger partial charge in [-0.15, -0.1) is 0 Å². The summed E-state index contributed by atoms with van der Waals surface area (Å²) < 4.78 is 6.70. The number of aromatic nitrogens is 4. The van der Waals surface area contributed by atoms with Crippen molar-refractivity contribution in [1.82, 2.24) is 24.6 Å². The molecule has 0 N–H and O–H groups in total. The topological polar surface area (TPSA) is 94.1 Å². The van der Waals surface area contributed by atoms with Gasteiger partial charge < -0.3 is 9.42 Å². The third-order valence-corrected chi connectivity index (χ3v) is 4.30. The van der Waals surface area contributed by atoms with Crippen LogP contribution in [0.3, 0.4) is 0 Å². The fourth-order valence-electron chi connectivity index (χ4n) is 3.06. The Morgan fingerprint density at radius 2 is 2.17 bits per heavy atom. The smallest absolute Gasteiger partial charge is 0.337 e. The van der Waals surface area contributed by atoms with Gasteiger partial charge in [0.15, 0.2) is 5.82 Å². The van der Waals surface area contributed by atoms with E-state index >= 15 is 0 Å². The van der Waals surface area contributed by atoms with Crippen LogP contribution in [0, 0.1) is 13.8 Å². The number of aryl methyl sites for hydroxylation is 3. The molecule has 0 bridgehead atoms. The van der Waals surface area contributed by atoms with Gasteiger partial charge in [-0.3, -0.25) is 9.36 Å². The number of carbonyl (C=O) groups is 1. The van der Waals surface area contributed by atoms with Gasteiger partial charge in [-0.2, -0.15) is 9.97 Å². The first-order chi connectivity index (χ1) is 11.5. The van der Waals surface area contributed by atoms with E-state index in [1.807, 2.05) is 6.92 Å². The predicted molar refractivity (Wildman–Crippen MR) is 85.3 cm³/mol. The molecule has 24 heavy (non-hydrogen) atoms. The monoisotopic (exact) mass is 331 g/mol. The van der Waals surface area contributed by atoms with Crippen LogP contribution in [0.25, 0.3) is 0 Å². The lowest BCUT2D eigenvalue weighted by molar-refractivity contribution is -0.133. The van der Waals surface area contributed by atoms with Gasteiger partial charge >= 0.3 is 5.69 Å². The fourth-order valence-corrected chi connectivity index (χ4v) is 3.06. The molecule has 0 saturated carbocycles. The van der Waals surface area contributed by atoms with E-state index in [1.54, 1.807) is 24.8 Å². The molecule has 2 aromatic heterocycles. The Balaban J connectivity index is 1.80. The zero-order valence-electron chi connectivity index (χ0n) is 14.2. The molecule has 8 heteroatoms. The fraction of sp³-hybridized carbons (Fsp3) is 0.562. The van der Waals surface area contributed by atoms with Gasteiger partial charge in [0, 0.05) is 24.4 Å². The molecule has 0 aliphatic carbocycles. The summed E-state index contributed by atoms with van der Waals surface area (Å²) in [5, 5.41) is 3.91. The summed E-state index contributed by atoms with van der Waals surface area (Å²) in [7, 11) is 0. The minimum absolute atomic E-state index is 0.0246. The highest BCUT2D eigenvalue weighted by Crippen LogP contribution is 2.31. The maximum Gasteiger partial charge on any atom is 0.348 e. The Hall–Kier alpha value is -2.51. The second-order valence-electron chi connectivity index (χ2n) is 6.06. The number of amides is 1. The lowest BCUT2D eigenvalue weighted by Gasteiger charge is -2.22. The van der Waals surface area contributed by atoms with Gasteiger partial charge in [0.2, 0.25) is 11.8 Å². The van der Waals surface area contributed by atoms with Crippen molar-refractivity contribution in [1.29, 1.82) is 0 Å². The van der Waals surface area contributed by atoms with Crippen molar-refractivity contribution in [2.45, 2.75) is 52.6 Å². The Kier molecular flexibility index (Phi) is 4.46. The lowest BCUT2D eigenvalue weighted by atomic mass is 10.2. The average Bonchev–Trinajstić information content (AvgIpc) is 3.18. The normalized spacial score (nSPS) is 17.5. The van der Waals surface area contributed by atoms with E-state index in [0.29, 0.717) is 30.4 Å². The molecule has 1 atom stereocenters. The summed E-state index contributed by atoms with van der Waals surface area (Å²) in [6.07, 6.45) is 2.35. The number of rotatable bonds is 4. The van der Waals surface area contributed by atoms with Crippen LogP contribution in [0.5, 0.6) is 0 Å². The highest BCUT2D eigenvalue weighted by molar-refractivity contribution is 5.76. The van der Waals surface area contributed by atoms with E-state index in [-0.39, 0.29) is 18.5 Å². The Morgan fingerprint density at radius 3 is 2.83 bits per heavy atom. The summed E-state index contributed by atoms with van der Waals surface area (Å²) >= 11 is 0. The summed E-state index contributed by atoms with van der Waals surface area (Å²) in [5.74, 6) is 0.979. The Labute approximate surface area is 139 Å². The number of hydrogen-bond acceptors (Lipinski definition) is 6. The number of carbonyl (C=O) groups excluding carboxylic acids is 1. The molecule has 0 unspecified atom stereocenters. The molecule has 1 saturated heterocycles. The molecular formula is C16H21N5O3. The highest BCUT2D eigenvalue weighted by atomic mass is 16.5. The van der Waals surface area contributed by atoms with Crippen LogP contribution in [-0.4, -0.2) is 37.0 Å². The van der Waals surface area contributed by atoms with E-state index in [1.165, 1.54) is 4.57 Å². The number of likely N-dealkylation sites (tertiary alicyclic amines) is 1.